The first-order valence-electron chi connectivity index (χ1n) is 11.3. The van der Waals surface area contributed by atoms with Crippen molar-refractivity contribution in [3.8, 4) is 0 Å². The van der Waals surface area contributed by atoms with Crippen LogP contribution in [0, 0.1) is 0 Å². The fraction of sp³-hybridized carbons (Fsp3) is 0.520. The molecule has 0 spiro atoms. The van der Waals surface area contributed by atoms with E-state index in [0.717, 1.165) is 44.1 Å². The molecule has 1 atom stereocenters. The Morgan fingerprint density at radius 2 is 1.83 bits per heavy atom. The van der Waals surface area contributed by atoms with Gasteiger partial charge in [-0.25, -0.2) is 0 Å². The van der Waals surface area contributed by atoms with Gasteiger partial charge in [0, 0.05) is 24.4 Å². The van der Waals surface area contributed by atoms with Crippen molar-refractivity contribution in [3.05, 3.63) is 57.8 Å². The summed E-state index contributed by atoms with van der Waals surface area (Å²) in [6.45, 7) is 5.82. The van der Waals surface area contributed by atoms with Crippen molar-refractivity contribution in [3.63, 3.8) is 0 Å². The number of benzene rings is 1. The van der Waals surface area contributed by atoms with E-state index in [1.807, 2.05) is 23.1 Å². The molecular formula is C25H34N2O2S. The third-order valence-electron chi connectivity index (χ3n) is 5.86. The summed E-state index contributed by atoms with van der Waals surface area (Å²) in [5, 5.41) is 2.12. The highest BCUT2D eigenvalue weighted by Gasteiger charge is 2.33. The van der Waals surface area contributed by atoms with Gasteiger partial charge in [-0.05, 0) is 41.8 Å². The molecule has 1 aromatic heterocycles. The van der Waals surface area contributed by atoms with Crippen LogP contribution in [0.1, 0.15) is 74.4 Å². The van der Waals surface area contributed by atoms with E-state index in [1.54, 1.807) is 16.2 Å². The Morgan fingerprint density at radius 3 is 2.57 bits per heavy atom. The van der Waals surface area contributed by atoms with Crippen molar-refractivity contribution >= 4 is 23.2 Å². The Hall–Kier alpha value is -2.14. The zero-order valence-corrected chi connectivity index (χ0v) is 19.1. The van der Waals surface area contributed by atoms with Gasteiger partial charge in [-0.3, -0.25) is 9.59 Å². The number of hydrogen-bond acceptors (Lipinski definition) is 3. The number of hydrogen-bond donors (Lipinski definition) is 0. The number of fused-ring (bicyclic) bond motifs is 1. The molecule has 3 rings (SSSR count). The molecule has 4 nitrogen and oxygen atoms in total. The van der Waals surface area contributed by atoms with Crippen LogP contribution in [0.2, 0.25) is 0 Å². The molecule has 1 aliphatic rings. The predicted octanol–water partition coefficient (Wildman–Crippen LogP) is 5.43. The maximum Gasteiger partial charge on any atom is 0.242 e. The number of rotatable bonds is 10. The first kappa shape index (κ1) is 22.5. The molecule has 2 amide bonds. The van der Waals surface area contributed by atoms with Crippen molar-refractivity contribution in [1.29, 1.82) is 0 Å². The van der Waals surface area contributed by atoms with Crippen LogP contribution in [-0.2, 0) is 16.0 Å². The minimum Gasteiger partial charge on any atom is -0.333 e. The van der Waals surface area contributed by atoms with Gasteiger partial charge in [0.15, 0.2) is 0 Å². The Labute approximate surface area is 184 Å². The van der Waals surface area contributed by atoms with E-state index in [2.05, 4.69) is 37.4 Å². The van der Waals surface area contributed by atoms with Crippen LogP contribution in [-0.4, -0.2) is 41.2 Å². The monoisotopic (exact) mass is 426 g/mol. The summed E-state index contributed by atoms with van der Waals surface area (Å²) in [5.41, 5.74) is 2.37. The molecule has 0 N–H and O–H groups in total. The summed E-state index contributed by atoms with van der Waals surface area (Å²) in [6.07, 6.45) is 6.44. The largest absolute Gasteiger partial charge is 0.333 e. The smallest absolute Gasteiger partial charge is 0.242 e. The summed E-state index contributed by atoms with van der Waals surface area (Å²) < 4.78 is 0. The quantitative estimate of drug-likeness (QED) is 0.475. The SMILES string of the molecule is CCCCCC(=O)N(CCCC)CC(=O)N1CCc2sccc2[C@@H]1c1ccccc1. The molecule has 30 heavy (non-hydrogen) atoms. The lowest BCUT2D eigenvalue weighted by Crippen LogP contribution is -2.47. The number of carbonyl (C=O) groups is 2. The second-order valence-electron chi connectivity index (χ2n) is 8.08. The lowest BCUT2D eigenvalue weighted by atomic mass is 9.93. The second-order valence-corrected chi connectivity index (χ2v) is 9.08. The Bertz CT molecular complexity index is 818. The number of unbranched alkanes of at least 4 members (excludes halogenated alkanes) is 3. The molecule has 0 aliphatic carbocycles. The maximum absolute atomic E-state index is 13.5. The first-order valence-corrected chi connectivity index (χ1v) is 12.2. The normalized spacial score (nSPS) is 15.7. The molecule has 0 saturated carbocycles. The van der Waals surface area contributed by atoms with E-state index in [9.17, 15) is 9.59 Å². The van der Waals surface area contributed by atoms with Gasteiger partial charge in [-0.2, -0.15) is 0 Å². The molecule has 162 valence electrons. The van der Waals surface area contributed by atoms with Crippen molar-refractivity contribution in [2.45, 2.75) is 64.8 Å². The lowest BCUT2D eigenvalue weighted by Gasteiger charge is -2.37. The number of thiophene rings is 1. The second kappa shape index (κ2) is 11.3. The molecule has 0 saturated heterocycles. The van der Waals surface area contributed by atoms with Crippen LogP contribution in [0.5, 0.6) is 0 Å². The van der Waals surface area contributed by atoms with E-state index in [0.29, 0.717) is 19.5 Å². The molecule has 0 fully saturated rings. The molecular weight excluding hydrogens is 392 g/mol. The highest BCUT2D eigenvalue weighted by atomic mass is 32.1. The van der Waals surface area contributed by atoms with Gasteiger partial charge in [-0.15, -0.1) is 11.3 Å². The van der Waals surface area contributed by atoms with Gasteiger partial charge in [0.05, 0.1) is 12.6 Å². The Balaban J connectivity index is 1.77. The third-order valence-corrected chi connectivity index (χ3v) is 6.85. The third kappa shape index (κ3) is 5.51. The van der Waals surface area contributed by atoms with E-state index in [1.165, 1.54) is 10.4 Å². The van der Waals surface area contributed by atoms with Gasteiger partial charge in [0.1, 0.15) is 0 Å². The zero-order valence-electron chi connectivity index (χ0n) is 18.3. The molecule has 1 aromatic carbocycles. The van der Waals surface area contributed by atoms with Crippen molar-refractivity contribution in [2.75, 3.05) is 19.6 Å². The number of nitrogens with zero attached hydrogens (tertiary/aromatic N) is 2. The Morgan fingerprint density at radius 1 is 1.07 bits per heavy atom. The van der Waals surface area contributed by atoms with E-state index >= 15 is 0 Å². The van der Waals surface area contributed by atoms with Crippen LogP contribution < -0.4 is 0 Å². The average molecular weight is 427 g/mol. The molecule has 0 radical (unpaired) electrons. The summed E-state index contributed by atoms with van der Waals surface area (Å²) in [5.74, 6) is 0.176. The van der Waals surface area contributed by atoms with E-state index < -0.39 is 0 Å². The van der Waals surface area contributed by atoms with Crippen molar-refractivity contribution in [2.24, 2.45) is 0 Å². The summed E-state index contributed by atoms with van der Waals surface area (Å²) in [6, 6.07) is 12.4. The summed E-state index contributed by atoms with van der Waals surface area (Å²) in [4.78, 5) is 31.4. The average Bonchev–Trinajstić information content (AvgIpc) is 3.25. The minimum absolute atomic E-state index is 0.0562. The van der Waals surface area contributed by atoms with Gasteiger partial charge in [0.25, 0.3) is 0 Å². The number of amides is 2. The summed E-state index contributed by atoms with van der Waals surface area (Å²) in [7, 11) is 0. The van der Waals surface area contributed by atoms with Crippen molar-refractivity contribution < 1.29 is 9.59 Å². The fourth-order valence-corrected chi connectivity index (χ4v) is 5.06. The zero-order chi connectivity index (χ0) is 21.3. The number of carbonyl (C=O) groups excluding carboxylic acids is 2. The van der Waals surface area contributed by atoms with Gasteiger partial charge < -0.3 is 9.80 Å². The first-order chi connectivity index (χ1) is 14.7. The topological polar surface area (TPSA) is 40.6 Å². The fourth-order valence-electron chi connectivity index (χ4n) is 4.16. The molecule has 1 aliphatic heterocycles. The molecule has 5 heteroatoms. The van der Waals surface area contributed by atoms with E-state index in [-0.39, 0.29) is 24.4 Å². The van der Waals surface area contributed by atoms with Crippen LogP contribution in [0.4, 0.5) is 0 Å². The van der Waals surface area contributed by atoms with Crippen LogP contribution in [0.15, 0.2) is 41.8 Å². The van der Waals surface area contributed by atoms with Crippen LogP contribution in [0.3, 0.4) is 0 Å². The maximum atomic E-state index is 13.5. The van der Waals surface area contributed by atoms with Crippen LogP contribution in [0.25, 0.3) is 0 Å². The van der Waals surface area contributed by atoms with Crippen LogP contribution >= 0.6 is 11.3 Å². The van der Waals surface area contributed by atoms with Gasteiger partial charge >= 0.3 is 0 Å². The highest BCUT2D eigenvalue weighted by Crippen LogP contribution is 2.37. The predicted molar refractivity (Wildman–Crippen MR) is 124 cm³/mol. The van der Waals surface area contributed by atoms with Crippen molar-refractivity contribution in [1.82, 2.24) is 9.80 Å². The minimum atomic E-state index is -0.0584. The van der Waals surface area contributed by atoms with Gasteiger partial charge in [0.2, 0.25) is 11.8 Å². The van der Waals surface area contributed by atoms with E-state index in [4.69, 9.17) is 0 Å². The van der Waals surface area contributed by atoms with Gasteiger partial charge in [-0.1, -0.05) is 63.4 Å². The summed E-state index contributed by atoms with van der Waals surface area (Å²) >= 11 is 1.78. The highest BCUT2D eigenvalue weighted by molar-refractivity contribution is 7.10. The molecule has 0 unspecified atom stereocenters. The molecule has 0 bridgehead atoms. The Kier molecular flexibility index (Phi) is 8.50. The standard InChI is InChI=1S/C25H34N2O2S/c1-3-5-8-13-23(28)26(16-6-4-2)19-24(29)27-17-14-22-21(15-18-30-22)25(27)20-11-9-7-10-12-20/h7,9-12,15,18,25H,3-6,8,13-14,16-17,19H2,1-2H3/t25-/m0/s1. The molecule has 2 heterocycles. The molecule has 2 aromatic rings. The lowest BCUT2D eigenvalue weighted by molar-refractivity contribution is -0.141.